The number of benzene rings is 1. The van der Waals surface area contributed by atoms with E-state index in [4.69, 9.17) is 0 Å². The van der Waals surface area contributed by atoms with Crippen LogP contribution < -0.4 is 5.32 Å². The second-order valence-corrected chi connectivity index (χ2v) is 4.64. The minimum atomic E-state index is -0.0346. The maximum atomic E-state index is 11.9. The van der Waals surface area contributed by atoms with Crippen molar-refractivity contribution in [2.45, 2.75) is 20.3 Å². The minimum absolute atomic E-state index is 0.0346. The molecular formula is C16H18N2O. The van der Waals surface area contributed by atoms with Gasteiger partial charge in [0.15, 0.2) is 0 Å². The van der Waals surface area contributed by atoms with Gasteiger partial charge in [0.25, 0.3) is 5.91 Å². The summed E-state index contributed by atoms with van der Waals surface area (Å²) in [6.07, 6.45) is 0.749. The van der Waals surface area contributed by atoms with Crippen LogP contribution in [0.2, 0.25) is 0 Å². The Balaban J connectivity index is 1.86. The largest absolute Gasteiger partial charge is 0.352 e. The van der Waals surface area contributed by atoms with E-state index in [9.17, 15) is 4.79 Å². The number of nitrogens with zero attached hydrogens (tertiary/aromatic N) is 1. The number of hydrogen-bond acceptors (Lipinski definition) is 2. The van der Waals surface area contributed by atoms with Crippen LogP contribution in [0.3, 0.4) is 0 Å². The highest BCUT2D eigenvalue weighted by molar-refractivity contribution is 5.94. The first-order chi connectivity index (χ1) is 9.15. The third-order valence-electron chi connectivity index (χ3n) is 2.93. The van der Waals surface area contributed by atoms with Crippen molar-refractivity contribution in [3.05, 3.63) is 65.0 Å². The summed E-state index contributed by atoms with van der Waals surface area (Å²) in [7, 11) is 0. The van der Waals surface area contributed by atoms with Gasteiger partial charge in [0, 0.05) is 29.9 Å². The van der Waals surface area contributed by atoms with Crippen molar-refractivity contribution in [3.8, 4) is 0 Å². The molecule has 3 nitrogen and oxygen atoms in total. The number of amides is 1. The maximum Gasteiger partial charge on any atom is 0.251 e. The van der Waals surface area contributed by atoms with Crippen LogP contribution in [0.5, 0.6) is 0 Å². The number of nitrogens with one attached hydrogen (secondary N) is 1. The van der Waals surface area contributed by atoms with Gasteiger partial charge in [-0.3, -0.25) is 9.78 Å². The fraction of sp³-hybridized carbons (Fsp3) is 0.250. The highest BCUT2D eigenvalue weighted by Crippen LogP contribution is 2.03. The number of carbonyl (C=O) groups is 1. The molecule has 1 heterocycles. The fourth-order valence-corrected chi connectivity index (χ4v) is 1.85. The van der Waals surface area contributed by atoms with E-state index in [0.717, 1.165) is 23.4 Å². The smallest absolute Gasteiger partial charge is 0.251 e. The highest BCUT2D eigenvalue weighted by atomic mass is 16.1. The molecule has 0 fully saturated rings. The zero-order valence-electron chi connectivity index (χ0n) is 11.3. The van der Waals surface area contributed by atoms with Gasteiger partial charge in [-0.05, 0) is 38.1 Å². The molecule has 1 N–H and O–H groups in total. The molecule has 0 aliphatic carbocycles. The maximum absolute atomic E-state index is 11.9. The Bertz CT molecular complexity index is 561. The molecule has 3 heteroatoms. The van der Waals surface area contributed by atoms with E-state index >= 15 is 0 Å². The van der Waals surface area contributed by atoms with Crippen molar-refractivity contribution in [1.29, 1.82) is 0 Å². The van der Waals surface area contributed by atoms with Crippen LogP contribution in [0.15, 0.2) is 42.5 Å². The first-order valence-electron chi connectivity index (χ1n) is 6.42. The van der Waals surface area contributed by atoms with Gasteiger partial charge in [-0.15, -0.1) is 0 Å². The van der Waals surface area contributed by atoms with E-state index in [0.29, 0.717) is 12.1 Å². The lowest BCUT2D eigenvalue weighted by molar-refractivity contribution is 0.0954. The normalized spacial score (nSPS) is 10.2. The Morgan fingerprint density at radius 2 is 1.84 bits per heavy atom. The van der Waals surface area contributed by atoms with Crippen LogP contribution in [-0.2, 0) is 6.42 Å². The number of aromatic nitrogens is 1. The molecule has 0 unspecified atom stereocenters. The third-order valence-corrected chi connectivity index (χ3v) is 2.93. The third kappa shape index (κ3) is 3.91. The number of rotatable bonds is 4. The molecule has 0 saturated heterocycles. The van der Waals surface area contributed by atoms with E-state index in [1.807, 2.05) is 56.3 Å². The molecule has 19 heavy (non-hydrogen) atoms. The van der Waals surface area contributed by atoms with E-state index < -0.39 is 0 Å². The molecule has 1 aromatic heterocycles. The summed E-state index contributed by atoms with van der Waals surface area (Å²) in [6, 6.07) is 13.5. The van der Waals surface area contributed by atoms with Crippen LogP contribution in [0, 0.1) is 13.8 Å². The average Bonchev–Trinajstić information content (AvgIpc) is 2.39. The number of pyridine rings is 1. The molecule has 0 aliphatic rings. The molecule has 0 spiro atoms. The first kappa shape index (κ1) is 13.3. The van der Waals surface area contributed by atoms with E-state index in [1.54, 1.807) is 0 Å². The van der Waals surface area contributed by atoms with E-state index in [1.165, 1.54) is 0 Å². The minimum Gasteiger partial charge on any atom is -0.352 e. The van der Waals surface area contributed by atoms with Gasteiger partial charge in [-0.25, -0.2) is 0 Å². The predicted molar refractivity (Wildman–Crippen MR) is 76.2 cm³/mol. The molecule has 2 aromatic rings. The van der Waals surface area contributed by atoms with Crippen molar-refractivity contribution in [1.82, 2.24) is 10.3 Å². The van der Waals surface area contributed by atoms with Crippen molar-refractivity contribution in [2.75, 3.05) is 6.54 Å². The van der Waals surface area contributed by atoms with E-state index in [-0.39, 0.29) is 5.91 Å². The van der Waals surface area contributed by atoms with E-state index in [2.05, 4.69) is 10.3 Å². The highest BCUT2D eigenvalue weighted by Gasteiger charge is 2.04. The monoisotopic (exact) mass is 254 g/mol. The standard InChI is InChI=1S/C16H18N2O/c1-12-6-8-14(9-7-12)16(19)17-11-10-15-5-3-4-13(2)18-15/h3-9H,10-11H2,1-2H3,(H,17,19). The second-order valence-electron chi connectivity index (χ2n) is 4.64. The molecule has 0 radical (unpaired) electrons. The summed E-state index contributed by atoms with van der Waals surface area (Å²) in [5, 5.41) is 2.91. The molecule has 1 amide bonds. The Morgan fingerprint density at radius 1 is 1.11 bits per heavy atom. The van der Waals surface area contributed by atoms with Gasteiger partial charge in [-0.2, -0.15) is 0 Å². The first-order valence-corrected chi connectivity index (χ1v) is 6.42. The van der Waals surface area contributed by atoms with Crippen LogP contribution in [-0.4, -0.2) is 17.4 Å². The molecule has 98 valence electrons. The SMILES string of the molecule is Cc1ccc(C(=O)NCCc2cccc(C)n2)cc1. The summed E-state index contributed by atoms with van der Waals surface area (Å²) in [6.45, 7) is 4.57. The summed E-state index contributed by atoms with van der Waals surface area (Å²) < 4.78 is 0. The lowest BCUT2D eigenvalue weighted by atomic mass is 10.1. The van der Waals surface area contributed by atoms with Crippen LogP contribution in [0.25, 0.3) is 0 Å². The van der Waals surface area contributed by atoms with Crippen LogP contribution >= 0.6 is 0 Å². The number of hydrogen-bond donors (Lipinski definition) is 1. The van der Waals surface area contributed by atoms with Crippen LogP contribution in [0.4, 0.5) is 0 Å². The molecule has 0 aliphatic heterocycles. The molecule has 0 atom stereocenters. The average molecular weight is 254 g/mol. The van der Waals surface area contributed by atoms with Gasteiger partial charge in [-0.1, -0.05) is 23.8 Å². The summed E-state index contributed by atoms with van der Waals surface area (Å²) in [5.41, 5.74) is 3.86. The number of aryl methyl sites for hydroxylation is 2. The van der Waals surface area contributed by atoms with Crippen molar-refractivity contribution >= 4 is 5.91 Å². The van der Waals surface area contributed by atoms with Gasteiger partial charge in [0.05, 0.1) is 0 Å². The summed E-state index contributed by atoms with van der Waals surface area (Å²) in [5.74, 6) is -0.0346. The Labute approximate surface area is 113 Å². The van der Waals surface area contributed by atoms with Gasteiger partial charge in [0.2, 0.25) is 0 Å². The molecule has 1 aromatic carbocycles. The van der Waals surface area contributed by atoms with Gasteiger partial charge in [0.1, 0.15) is 0 Å². The Morgan fingerprint density at radius 3 is 2.53 bits per heavy atom. The number of carbonyl (C=O) groups excluding carboxylic acids is 1. The predicted octanol–water partition coefficient (Wildman–Crippen LogP) is 2.67. The molecular weight excluding hydrogens is 236 g/mol. The molecule has 0 saturated carbocycles. The fourth-order valence-electron chi connectivity index (χ4n) is 1.85. The zero-order valence-corrected chi connectivity index (χ0v) is 11.3. The van der Waals surface area contributed by atoms with Crippen molar-refractivity contribution < 1.29 is 4.79 Å². The lowest BCUT2D eigenvalue weighted by Gasteiger charge is -2.05. The summed E-state index contributed by atoms with van der Waals surface area (Å²) >= 11 is 0. The van der Waals surface area contributed by atoms with Crippen molar-refractivity contribution in [3.63, 3.8) is 0 Å². The zero-order chi connectivity index (χ0) is 13.7. The second kappa shape index (κ2) is 6.14. The lowest BCUT2D eigenvalue weighted by Crippen LogP contribution is -2.25. The Hall–Kier alpha value is -2.16. The van der Waals surface area contributed by atoms with Gasteiger partial charge >= 0.3 is 0 Å². The quantitative estimate of drug-likeness (QED) is 0.911. The molecule has 0 bridgehead atoms. The molecule has 2 rings (SSSR count). The van der Waals surface area contributed by atoms with Crippen molar-refractivity contribution in [2.24, 2.45) is 0 Å². The summed E-state index contributed by atoms with van der Waals surface area (Å²) in [4.78, 5) is 16.3. The van der Waals surface area contributed by atoms with Crippen LogP contribution in [0.1, 0.15) is 27.3 Å². The topological polar surface area (TPSA) is 42.0 Å². The van der Waals surface area contributed by atoms with Gasteiger partial charge < -0.3 is 5.32 Å². The Kier molecular flexibility index (Phi) is 4.29.